The molecular formula is C16H18BrN3O4S. The Balaban J connectivity index is 2.01. The van der Waals surface area contributed by atoms with Gasteiger partial charge in [0.2, 0.25) is 5.13 Å². The maximum atomic E-state index is 11.4. The van der Waals surface area contributed by atoms with Crippen LogP contribution in [0.25, 0.3) is 0 Å². The topological polar surface area (TPSA) is 82.0 Å². The summed E-state index contributed by atoms with van der Waals surface area (Å²) in [6.07, 6.45) is 1.78. The Hall–Kier alpha value is -2.13. The Morgan fingerprint density at radius 1 is 1.36 bits per heavy atom. The summed E-state index contributed by atoms with van der Waals surface area (Å²) in [6, 6.07) is 3.65. The summed E-state index contributed by atoms with van der Waals surface area (Å²) >= 11 is 4.78. The van der Waals surface area contributed by atoms with E-state index in [0.717, 1.165) is 10.0 Å². The van der Waals surface area contributed by atoms with Crippen LogP contribution in [-0.2, 0) is 16.0 Å². The maximum Gasteiger partial charge on any atom is 0.311 e. The van der Waals surface area contributed by atoms with E-state index in [1.54, 1.807) is 32.7 Å². The molecule has 7 nitrogen and oxygen atoms in total. The number of aromatic nitrogens is 1. The molecule has 134 valence electrons. The summed E-state index contributed by atoms with van der Waals surface area (Å²) in [4.78, 5) is 15.7. The monoisotopic (exact) mass is 427 g/mol. The molecule has 25 heavy (non-hydrogen) atoms. The van der Waals surface area contributed by atoms with Crippen molar-refractivity contribution >= 4 is 44.6 Å². The van der Waals surface area contributed by atoms with Crippen LogP contribution < -0.4 is 14.9 Å². The van der Waals surface area contributed by atoms with Gasteiger partial charge in [0.05, 0.1) is 39.2 Å². The minimum Gasteiger partial charge on any atom is -0.495 e. The molecule has 1 aromatic carbocycles. The molecule has 2 aromatic rings. The van der Waals surface area contributed by atoms with E-state index in [-0.39, 0.29) is 12.4 Å². The van der Waals surface area contributed by atoms with Crippen molar-refractivity contribution < 1.29 is 19.0 Å². The highest BCUT2D eigenvalue weighted by atomic mass is 79.9. The van der Waals surface area contributed by atoms with Crippen molar-refractivity contribution in [3.63, 3.8) is 0 Å². The Morgan fingerprint density at radius 3 is 2.64 bits per heavy atom. The van der Waals surface area contributed by atoms with Crippen LogP contribution >= 0.6 is 27.3 Å². The number of nitrogens with zero attached hydrogens (tertiary/aromatic N) is 2. The Labute approximate surface area is 158 Å². The number of rotatable bonds is 8. The van der Waals surface area contributed by atoms with E-state index >= 15 is 0 Å². The van der Waals surface area contributed by atoms with Crippen molar-refractivity contribution in [2.24, 2.45) is 5.10 Å². The van der Waals surface area contributed by atoms with Crippen LogP contribution in [0.2, 0.25) is 0 Å². The average Bonchev–Trinajstić information content (AvgIpc) is 3.03. The number of thiazole rings is 1. The third kappa shape index (κ3) is 5.43. The fraction of sp³-hybridized carbons (Fsp3) is 0.312. The summed E-state index contributed by atoms with van der Waals surface area (Å²) < 4.78 is 16.2. The largest absolute Gasteiger partial charge is 0.495 e. The smallest absolute Gasteiger partial charge is 0.311 e. The molecule has 9 heteroatoms. The summed E-state index contributed by atoms with van der Waals surface area (Å²) in [5.74, 6) is 0.996. The third-order valence-corrected chi connectivity index (χ3v) is 4.60. The van der Waals surface area contributed by atoms with Crippen molar-refractivity contribution in [2.75, 3.05) is 26.3 Å². The number of carbonyl (C=O) groups excluding carboxylic acids is 1. The number of anilines is 1. The summed E-state index contributed by atoms with van der Waals surface area (Å²) in [6.45, 7) is 2.13. The van der Waals surface area contributed by atoms with Crippen LogP contribution in [0.5, 0.6) is 11.5 Å². The highest BCUT2D eigenvalue weighted by molar-refractivity contribution is 9.10. The van der Waals surface area contributed by atoms with Crippen LogP contribution in [0.3, 0.4) is 0 Å². The lowest BCUT2D eigenvalue weighted by Gasteiger charge is -2.09. The SMILES string of the molecule is CCOC(=O)Cc1csc(NN=Cc2cc(OC)c(Br)c(OC)c2)n1. The minimum atomic E-state index is -0.295. The second kappa shape index (κ2) is 9.38. The Morgan fingerprint density at radius 2 is 2.04 bits per heavy atom. The first-order valence-corrected chi connectivity index (χ1v) is 9.05. The van der Waals surface area contributed by atoms with Gasteiger partial charge in [0, 0.05) is 10.9 Å². The number of halogens is 1. The number of nitrogens with one attached hydrogen (secondary N) is 1. The Bertz CT molecular complexity index is 739. The number of hydrogen-bond acceptors (Lipinski definition) is 8. The van der Waals surface area contributed by atoms with Gasteiger partial charge >= 0.3 is 5.97 Å². The molecule has 1 N–H and O–H groups in total. The van der Waals surface area contributed by atoms with E-state index < -0.39 is 0 Å². The molecule has 0 atom stereocenters. The standard InChI is InChI=1S/C16H18BrN3O4S/c1-4-24-14(21)7-11-9-25-16(19-11)20-18-8-10-5-12(22-2)15(17)13(6-10)23-3/h5-6,8-9H,4,7H2,1-3H3,(H,19,20). The molecule has 0 unspecified atom stereocenters. The van der Waals surface area contributed by atoms with Crippen LogP contribution in [0.4, 0.5) is 5.13 Å². The van der Waals surface area contributed by atoms with E-state index in [2.05, 4.69) is 31.4 Å². The molecule has 0 spiro atoms. The molecule has 2 rings (SSSR count). The first-order valence-electron chi connectivity index (χ1n) is 7.38. The van der Waals surface area contributed by atoms with E-state index in [9.17, 15) is 4.79 Å². The fourth-order valence-corrected chi connectivity index (χ4v) is 3.14. The number of ether oxygens (including phenoxy) is 3. The molecule has 1 aromatic heterocycles. The quantitative estimate of drug-likeness (QED) is 0.394. The van der Waals surface area contributed by atoms with E-state index in [1.165, 1.54) is 11.3 Å². The lowest BCUT2D eigenvalue weighted by molar-refractivity contribution is -0.142. The number of benzene rings is 1. The van der Waals surface area contributed by atoms with Gasteiger partial charge in [-0.2, -0.15) is 5.10 Å². The van der Waals surface area contributed by atoms with Gasteiger partial charge in [-0.05, 0) is 35.0 Å². The van der Waals surface area contributed by atoms with Crippen LogP contribution in [0, 0.1) is 0 Å². The lowest BCUT2D eigenvalue weighted by atomic mass is 10.2. The minimum absolute atomic E-state index is 0.150. The van der Waals surface area contributed by atoms with Gasteiger partial charge in [0.1, 0.15) is 16.0 Å². The molecule has 0 amide bonds. The lowest BCUT2D eigenvalue weighted by Crippen LogP contribution is -2.07. The van der Waals surface area contributed by atoms with Crippen LogP contribution in [0.1, 0.15) is 18.2 Å². The molecule has 0 bridgehead atoms. The van der Waals surface area contributed by atoms with Gasteiger partial charge in [-0.3, -0.25) is 10.2 Å². The number of esters is 1. The number of hydrazone groups is 1. The van der Waals surface area contributed by atoms with E-state index in [4.69, 9.17) is 14.2 Å². The first kappa shape index (κ1) is 19.2. The zero-order chi connectivity index (χ0) is 18.2. The summed E-state index contributed by atoms with van der Waals surface area (Å²) in [5.41, 5.74) is 4.28. The van der Waals surface area contributed by atoms with Crippen molar-refractivity contribution in [1.82, 2.24) is 4.98 Å². The second-order valence-electron chi connectivity index (χ2n) is 4.74. The van der Waals surface area contributed by atoms with Crippen LogP contribution in [0.15, 0.2) is 27.1 Å². The predicted octanol–water partition coefficient (Wildman–Crippen LogP) is 3.47. The highest BCUT2D eigenvalue weighted by Gasteiger charge is 2.09. The van der Waals surface area contributed by atoms with E-state index in [1.807, 2.05) is 12.1 Å². The van der Waals surface area contributed by atoms with Gasteiger partial charge in [0.25, 0.3) is 0 Å². The molecule has 0 aliphatic heterocycles. The predicted molar refractivity (Wildman–Crippen MR) is 101 cm³/mol. The fourth-order valence-electron chi connectivity index (χ4n) is 1.93. The number of carbonyl (C=O) groups is 1. The van der Waals surface area contributed by atoms with Crippen molar-refractivity contribution in [1.29, 1.82) is 0 Å². The van der Waals surface area contributed by atoms with Crippen molar-refractivity contribution in [2.45, 2.75) is 13.3 Å². The Kier molecular flexibility index (Phi) is 7.20. The van der Waals surface area contributed by atoms with E-state index in [0.29, 0.717) is 28.9 Å². The molecule has 0 radical (unpaired) electrons. The normalized spacial score (nSPS) is 10.7. The molecular weight excluding hydrogens is 410 g/mol. The second-order valence-corrected chi connectivity index (χ2v) is 6.39. The van der Waals surface area contributed by atoms with Gasteiger partial charge < -0.3 is 14.2 Å². The zero-order valence-electron chi connectivity index (χ0n) is 14.0. The third-order valence-electron chi connectivity index (χ3n) is 3.02. The van der Waals surface area contributed by atoms with Crippen molar-refractivity contribution in [3.8, 4) is 11.5 Å². The van der Waals surface area contributed by atoms with Gasteiger partial charge in [-0.1, -0.05) is 0 Å². The molecule has 0 saturated heterocycles. The molecule has 1 heterocycles. The van der Waals surface area contributed by atoms with Crippen molar-refractivity contribution in [3.05, 3.63) is 33.2 Å². The number of hydrogen-bond donors (Lipinski definition) is 1. The first-order chi connectivity index (χ1) is 12.1. The number of methoxy groups -OCH3 is 2. The van der Waals surface area contributed by atoms with Gasteiger partial charge in [-0.25, -0.2) is 4.98 Å². The van der Waals surface area contributed by atoms with Gasteiger partial charge in [-0.15, -0.1) is 11.3 Å². The molecule has 0 saturated carbocycles. The molecule has 0 aliphatic carbocycles. The summed E-state index contributed by atoms with van der Waals surface area (Å²) in [7, 11) is 3.17. The average molecular weight is 428 g/mol. The highest BCUT2D eigenvalue weighted by Crippen LogP contribution is 2.35. The molecule has 0 aliphatic rings. The molecule has 0 fully saturated rings. The maximum absolute atomic E-state index is 11.4. The van der Waals surface area contributed by atoms with Crippen LogP contribution in [-0.4, -0.2) is 38.0 Å². The summed E-state index contributed by atoms with van der Waals surface area (Å²) in [5, 5.41) is 6.53. The van der Waals surface area contributed by atoms with Gasteiger partial charge in [0.15, 0.2) is 0 Å². The zero-order valence-corrected chi connectivity index (χ0v) is 16.4.